The Labute approximate surface area is 194 Å². The van der Waals surface area contributed by atoms with E-state index in [1.54, 1.807) is 0 Å². The number of fused-ring (bicyclic) bond motifs is 1. The molecule has 0 radical (unpaired) electrons. The monoisotopic (exact) mass is 459 g/mol. The number of likely N-dealkylation sites (tertiary alicyclic amines) is 1. The van der Waals surface area contributed by atoms with Gasteiger partial charge in [0, 0.05) is 18.5 Å². The summed E-state index contributed by atoms with van der Waals surface area (Å²) in [4.78, 5) is 37.8. The average Bonchev–Trinajstić information content (AvgIpc) is 3.27. The third-order valence-corrected chi connectivity index (χ3v) is 5.84. The molecule has 4 rings (SSSR count). The highest BCUT2D eigenvalue weighted by Crippen LogP contribution is 2.32. The molecule has 0 unspecified atom stereocenters. The number of carbonyl (C=O) groups excluding carboxylic acids is 2. The number of nitrogens with two attached hydrogens (primary N) is 1. The summed E-state index contributed by atoms with van der Waals surface area (Å²) in [5, 5.41) is 0. The normalized spacial score (nSPS) is 16.1. The van der Waals surface area contributed by atoms with Crippen molar-refractivity contribution in [1.82, 2.24) is 14.9 Å². The van der Waals surface area contributed by atoms with Crippen LogP contribution in [0.4, 0.5) is 11.6 Å². The largest absolute Gasteiger partial charge is 0.463 e. The Balaban J connectivity index is 0.00000289. The molecule has 0 bridgehead atoms. The Kier molecular flexibility index (Phi) is 8.04. The van der Waals surface area contributed by atoms with Gasteiger partial charge in [0.2, 0.25) is 5.78 Å². The number of unbranched alkanes of at least 4 members (excludes halogenated alkanes) is 1. The number of ether oxygens (including phenoxy) is 1. The molecule has 9 heteroatoms. The van der Waals surface area contributed by atoms with E-state index in [2.05, 4.69) is 27.9 Å². The number of carbonyl (C=O) groups is 2. The van der Waals surface area contributed by atoms with E-state index in [1.807, 2.05) is 18.2 Å². The van der Waals surface area contributed by atoms with Crippen LogP contribution in [0.25, 0.3) is 0 Å². The van der Waals surface area contributed by atoms with Crippen molar-refractivity contribution in [2.45, 2.75) is 52.1 Å². The van der Waals surface area contributed by atoms with Crippen LogP contribution >= 0.6 is 12.4 Å². The zero-order valence-electron chi connectivity index (χ0n) is 18.4. The van der Waals surface area contributed by atoms with Crippen LogP contribution in [-0.4, -0.2) is 46.3 Å². The van der Waals surface area contributed by atoms with Gasteiger partial charge in [-0.3, -0.25) is 19.4 Å². The van der Waals surface area contributed by atoms with Crippen molar-refractivity contribution in [2.75, 3.05) is 30.3 Å². The molecule has 0 spiro atoms. The molecular formula is C23H30ClN5O3. The summed E-state index contributed by atoms with van der Waals surface area (Å²) in [7, 11) is 0. The van der Waals surface area contributed by atoms with Crippen LogP contribution in [0, 0.1) is 0 Å². The van der Waals surface area contributed by atoms with Crippen LogP contribution in [0.1, 0.15) is 49.3 Å². The summed E-state index contributed by atoms with van der Waals surface area (Å²) >= 11 is 0. The number of nitrogens with zero attached hydrogens (tertiary/aromatic N) is 4. The quantitative estimate of drug-likeness (QED) is 0.478. The number of amides is 1. The van der Waals surface area contributed by atoms with Crippen LogP contribution in [0.3, 0.4) is 0 Å². The van der Waals surface area contributed by atoms with E-state index >= 15 is 0 Å². The van der Waals surface area contributed by atoms with Crippen molar-refractivity contribution in [3.8, 4) is 6.01 Å². The SMILES string of the molecule is CCCCOc1nc(N)c2c(n1)N(Cc1ccccc1CN1CCCC1)C(=O)C(=O)C2.Cl. The second-order valence-electron chi connectivity index (χ2n) is 8.14. The summed E-state index contributed by atoms with van der Waals surface area (Å²) in [6, 6.07) is 8.18. The van der Waals surface area contributed by atoms with Crippen molar-refractivity contribution in [3.63, 3.8) is 0 Å². The molecule has 1 saturated heterocycles. The van der Waals surface area contributed by atoms with Crippen LogP contribution in [-0.2, 0) is 29.1 Å². The van der Waals surface area contributed by atoms with Crippen molar-refractivity contribution < 1.29 is 14.3 Å². The van der Waals surface area contributed by atoms with Gasteiger partial charge in [-0.15, -0.1) is 12.4 Å². The van der Waals surface area contributed by atoms with Gasteiger partial charge in [-0.1, -0.05) is 37.6 Å². The number of anilines is 2. The highest BCUT2D eigenvalue weighted by molar-refractivity contribution is 6.43. The Morgan fingerprint density at radius 1 is 1.06 bits per heavy atom. The van der Waals surface area contributed by atoms with E-state index in [9.17, 15) is 9.59 Å². The lowest BCUT2D eigenvalue weighted by Gasteiger charge is -2.29. The highest BCUT2D eigenvalue weighted by atomic mass is 35.5. The molecule has 0 atom stereocenters. The molecule has 1 aromatic carbocycles. The van der Waals surface area contributed by atoms with Gasteiger partial charge >= 0.3 is 6.01 Å². The van der Waals surface area contributed by atoms with Gasteiger partial charge in [-0.25, -0.2) is 0 Å². The predicted octanol–water partition coefficient (Wildman–Crippen LogP) is 2.91. The summed E-state index contributed by atoms with van der Waals surface area (Å²) in [5.41, 5.74) is 8.76. The molecule has 0 saturated carbocycles. The average molecular weight is 460 g/mol. The minimum Gasteiger partial charge on any atom is -0.463 e. The van der Waals surface area contributed by atoms with E-state index in [0.29, 0.717) is 18.0 Å². The number of aromatic nitrogens is 2. The molecule has 2 N–H and O–H groups in total. The molecule has 32 heavy (non-hydrogen) atoms. The number of nitrogen functional groups attached to an aromatic ring is 1. The zero-order chi connectivity index (χ0) is 21.8. The van der Waals surface area contributed by atoms with Crippen molar-refractivity contribution in [2.24, 2.45) is 0 Å². The lowest BCUT2D eigenvalue weighted by molar-refractivity contribution is -0.136. The molecule has 1 aromatic heterocycles. The number of Topliss-reactive ketones (excluding diaryl/α,β-unsaturated/α-hetero) is 1. The fourth-order valence-corrected chi connectivity index (χ4v) is 4.08. The molecule has 2 aliphatic heterocycles. The van der Waals surface area contributed by atoms with Gasteiger partial charge < -0.3 is 10.5 Å². The van der Waals surface area contributed by atoms with Gasteiger partial charge in [0.05, 0.1) is 13.2 Å². The molecular weight excluding hydrogens is 430 g/mol. The topological polar surface area (TPSA) is 102 Å². The van der Waals surface area contributed by atoms with Crippen molar-refractivity contribution in [3.05, 3.63) is 41.0 Å². The van der Waals surface area contributed by atoms with Crippen LogP contribution in [0.5, 0.6) is 6.01 Å². The van der Waals surface area contributed by atoms with Crippen LogP contribution in [0.15, 0.2) is 24.3 Å². The van der Waals surface area contributed by atoms with E-state index in [1.165, 1.54) is 17.7 Å². The van der Waals surface area contributed by atoms with Crippen LogP contribution in [0.2, 0.25) is 0 Å². The fraction of sp³-hybridized carbons (Fsp3) is 0.478. The van der Waals surface area contributed by atoms with Gasteiger partial charge in [-0.05, 0) is 43.5 Å². The smallest absolute Gasteiger partial charge is 0.320 e. The summed E-state index contributed by atoms with van der Waals surface area (Å²) in [6.07, 6.45) is 4.19. The van der Waals surface area contributed by atoms with Gasteiger partial charge in [0.25, 0.3) is 5.91 Å². The fourth-order valence-electron chi connectivity index (χ4n) is 4.08. The maximum atomic E-state index is 12.9. The number of hydrogen-bond acceptors (Lipinski definition) is 7. The number of ketones is 1. The minimum absolute atomic E-state index is 0. The first kappa shape index (κ1) is 23.9. The first-order chi connectivity index (χ1) is 15.1. The number of halogens is 1. The summed E-state index contributed by atoms with van der Waals surface area (Å²) in [5.74, 6) is -0.507. The molecule has 172 valence electrons. The van der Waals surface area contributed by atoms with Gasteiger partial charge in [0.15, 0.2) is 0 Å². The van der Waals surface area contributed by atoms with Crippen LogP contribution < -0.4 is 15.4 Å². The molecule has 8 nitrogen and oxygen atoms in total. The highest BCUT2D eigenvalue weighted by Gasteiger charge is 2.35. The zero-order valence-corrected chi connectivity index (χ0v) is 19.2. The lowest BCUT2D eigenvalue weighted by Crippen LogP contribution is -2.42. The Morgan fingerprint density at radius 2 is 1.75 bits per heavy atom. The van der Waals surface area contributed by atoms with E-state index < -0.39 is 11.7 Å². The summed E-state index contributed by atoms with van der Waals surface area (Å²) < 4.78 is 5.63. The Hall–Kier alpha value is -2.71. The summed E-state index contributed by atoms with van der Waals surface area (Å²) in [6.45, 7) is 5.79. The lowest BCUT2D eigenvalue weighted by atomic mass is 10.0. The van der Waals surface area contributed by atoms with Crippen molar-refractivity contribution in [1.29, 1.82) is 0 Å². The molecule has 0 aliphatic carbocycles. The number of benzene rings is 1. The second-order valence-corrected chi connectivity index (χ2v) is 8.14. The molecule has 1 fully saturated rings. The van der Waals surface area contributed by atoms with E-state index in [4.69, 9.17) is 10.5 Å². The molecule has 2 aromatic rings. The maximum absolute atomic E-state index is 12.9. The molecule has 2 aliphatic rings. The second kappa shape index (κ2) is 10.7. The number of rotatable bonds is 8. The van der Waals surface area contributed by atoms with E-state index in [0.717, 1.165) is 43.6 Å². The Bertz CT molecular complexity index is 978. The number of hydrogen-bond donors (Lipinski definition) is 1. The van der Waals surface area contributed by atoms with Gasteiger partial charge in [0.1, 0.15) is 11.6 Å². The standard InChI is InChI=1S/C23H29N5O3.ClH/c1-2-3-12-31-23-25-20(24)18-13-19(29)22(30)28(21(18)26-23)15-17-9-5-4-8-16(17)14-27-10-6-7-11-27;/h4-5,8-9H,2-3,6-7,10-15H2,1H3,(H2,24,25,26);1H. The first-order valence-corrected chi connectivity index (χ1v) is 11.0. The predicted molar refractivity (Wildman–Crippen MR) is 125 cm³/mol. The minimum atomic E-state index is -0.568. The third-order valence-electron chi connectivity index (χ3n) is 5.84. The van der Waals surface area contributed by atoms with Crippen molar-refractivity contribution >= 4 is 35.7 Å². The first-order valence-electron chi connectivity index (χ1n) is 11.0. The third kappa shape index (κ3) is 5.19. The van der Waals surface area contributed by atoms with E-state index in [-0.39, 0.29) is 37.2 Å². The molecule has 1 amide bonds. The Morgan fingerprint density at radius 3 is 2.44 bits per heavy atom. The maximum Gasteiger partial charge on any atom is 0.320 e. The van der Waals surface area contributed by atoms with Gasteiger partial charge in [-0.2, -0.15) is 9.97 Å². The molecule has 3 heterocycles.